The van der Waals surface area contributed by atoms with E-state index < -0.39 is 52.3 Å². The molecule has 26 nitrogen and oxygen atoms in total. The molecule has 0 unspecified atom stereocenters. The Hall–Kier alpha value is -9.92. The molecule has 644 valence electrons. The van der Waals surface area contributed by atoms with E-state index in [0.717, 1.165) is 180 Å². The van der Waals surface area contributed by atoms with Crippen LogP contribution in [0.4, 0.5) is 34.1 Å². The molecule has 5 N–H and O–H groups in total. The number of carbonyl (C=O) groups is 2. The Morgan fingerprint density at radius 3 is 1.71 bits per heavy atom. The molecule has 2 aliphatic carbocycles. The van der Waals surface area contributed by atoms with Crippen LogP contribution in [0.5, 0.6) is 11.5 Å². The lowest BCUT2D eigenvalue weighted by atomic mass is 9.72. The van der Waals surface area contributed by atoms with Gasteiger partial charge in [0.1, 0.15) is 28.5 Å². The molecule has 0 radical (unpaired) electrons. The summed E-state index contributed by atoms with van der Waals surface area (Å²) in [4.78, 5) is 69.9. The number of thioether (sulfide) groups is 1. The standard InChI is InChI=1S/C46H55ClN6O6S2.C45H50ClN7O7S/c1-46(2)20-18-42(34-8-12-37(47)13-9-34)36(31-46)32-51-22-24-52(25-23-51)39-14-10-35(11-15-39)45(54)49-61(57,58)41-16-17-43(44(30-41)53(55)56)48-38(19-21-50-26-28-59-29-27-50)33-60-40-6-4-3-5-7-40;1-45(2)15-11-38(31-3-5-34(46)6-4-31)33(26-45)29-51-17-19-52(20-18-51)35-7-9-39(42(24-35)60-36-23-32-12-16-47-43(32)49-28-36)44(54)50-61(57,58)37-8-10-40(41(25-37)53(55)56)48-27-30-13-21-59-22-14-30/h3-17,30,38,48H,18-29,31-33H2,1-2H3,(H,49,54);3-10,12,16,23-25,28,30,48H,11,13-15,17-22,26-27,29H2,1-2H3,(H,47,49)(H,50,54)/t38-;/m1./s1. The SMILES string of the molecule is CC1(C)CCC(c2ccc(Cl)cc2)=C(CN2CCN(c3ccc(C(=O)NS(=O)(=O)c4ccc(NCC5CCOCC5)c([N+](=O)[O-])c4)c(Oc4cnc5[nH]ccc5c4)c3)CC2)C1.CC1(C)CCC(c2ccc(Cl)cc2)=C(CN2CCN(c3ccc(C(=O)NS(=O)(=O)c4ccc(N[C@H](CCN5CCOCC5)CSc5ccccc5)c([N+](=O)[O-])c4)cc3)CC2)C1. The Morgan fingerprint density at radius 1 is 0.607 bits per heavy atom. The number of amides is 2. The van der Waals surface area contributed by atoms with Crippen LogP contribution < -0.4 is 34.6 Å². The highest BCUT2D eigenvalue weighted by Crippen LogP contribution is 2.46. The van der Waals surface area contributed by atoms with Gasteiger partial charge in [-0.05, 0) is 206 Å². The number of ether oxygens (including phenoxy) is 3. The minimum atomic E-state index is -4.55. The molecule has 4 aliphatic heterocycles. The van der Waals surface area contributed by atoms with E-state index in [4.69, 9.17) is 37.4 Å². The van der Waals surface area contributed by atoms with Crippen molar-refractivity contribution in [3.8, 4) is 11.5 Å². The number of hydrogen-bond donors (Lipinski definition) is 5. The van der Waals surface area contributed by atoms with Crippen molar-refractivity contribution in [1.82, 2.24) is 34.1 Å². The zero-order chi connectivity index (χ0) is 85.7. The molecule has 0 bridgehead atoms. The van der Waals surface area contributed by atoms with E-state index in [-0.39, 0.29) is 61.6 Å². The Kier molecular flexibility index (Phi) is 28.8. The van der Waals surface area contributed by atoms with Crippen LogP contribution in [-0.4, -0.2) is 193 Å². The number of anilines is 4. The van der Waals surface area contributed by atoms with Gasteiger partial charge in [0.05, 0.1) is 44.6 Å². The number of halogens is 2. The lowest BCUT2D eigenvalue weighted by Crippen LogP contribution is -2.47. The van der Waals surface area contributed by atoms with E-state index in [0.29, 0.717) is 56.5 Å². The highest BCUT2D eigenvalue weighted by molar-refractivity contribution is 7.99. The second-order valence-corrected chi connectivity index (χ2v) is 39.0. The van der Waals surface area contributed by atoms with Crippen molar-refractivity contribution in [2.75, 3.05) is 144 Å². The van der Waals surface area contributed by atoms with Gasteiger partial charge >= 0.3 is 0 Å². The third-order valence-corrected chi connectivity index (χ3v) is 28.1. The van der Waals surface area contributed by atoms with Gasteiger partial charge in [0.2, 0.25) is 0 Å². The number of nitro groups is 2. The predicted molar refractivity (Wildman–Crippen MR) is 482 cm³/mol. The Balaban J connectivity index is 0.000000199. The van der Waals surface area contributed by atoms with Crippen LogP contribution in [0, 0.1) is 37.0 Å². The number of aromatic amines is 1. The minimum absolute atomic E-state index is 0.0362. The summed E-state index contributed by atoms with van der Waals surface area (Å²) in [7, 11) is -8.99. The van der Waals surface area contributed by atoms with E-state index in [1.165, 1.54) is 63.9 Å². The highest BCUT2D eigenvalue weighted by atomic mass is 35.5. The van der Waals surface area contributed by atoms with Gasteiger partial charge < -0.3 is 39.6 Å². The zero-order valence-electron chi connectivity index (χ0n) is 69.1. The third-order valence-electron chi connectivity index (χ3n) is 23.8. The highest BCUT2D eigenvalue weighted by Gasteiger charge is 2.35. The number of fused-ring (bicyclic) bond motifs is 1. The first-order valence-corrected chi connectivity index (χ1v) is 46.3. The quantitative estimate of drug-likeness (QED) is 0.0165. The van der Waals surface area contributed by atoms with E-state index in [1.807, 2.05) is 72.8 Å². The zero-order valence-corrected chi connectivity index (χ0v) is 73.1. The van der Waals surface area contributed by atoms with Gasteiger partial charge in [0.15, 0.2) is 0 Å². The van der Waals surface area contributed by atoms with Crippen molar-refractivity contribution < 1.29 is 50.5 Å². The smallest absolute Gasteiger partial charge is 0.293 e. The van der Waals surface area contributed by atoms with Gasteiger partial charge in [0.25, 0.3) is 43.2 Å². The Bertz CT molecular complexity index is 5520. The molecule has 6 heterocycles. The van der Waals surface area contributed by atoms with Crippen LogP contribution in [0.2, 0.25) is 10.0 Å². The largest absolute Gasteiger partial charge is 0.455 e. The minimum Gasteiger partial charge on any atom is -0.455 e. The molecule has 122 heavy (non-hydrogen) atoms. The fourth-order valence-corrected chi connectivity index (χ4v) is 20.0. The van der Waals surface area contributed by atoms with Gasteiger partial charge in [-0.2, -0.15) is 0 Å². The topological polar surface area (TPSA) is 309 Å². The maximum Gasteiger partial charge on any atom is 0.293 e. The third kappa shape index (κ3) is 23.3. The number of piperazine rings is 2. The predicted octanol–water partition coefficient (Wildman–Crippen LogP) is 17.1. The van der Waals surface area contributed by atoms with Crippen molar-refractivity contribution >= 4 is 123 Å². The van der Waals surface area contributed by atoms with E-state index in [1.54, 1.807) is 54.4 Å². The lowest BCUT2D eigenvalue weighted by Gasteiger charge is -2.39. The number of benzene rings is 7. The summed E-state index contributed by atoms with van der Waals surface area (Å²) in [6.45, 7) is 23.2. The number of carbonyl (C=O) groups excluding carboxylic acids is 2. The fraction of sp³-hybridized carbons (Fsp3) is 0.396. The monoisotopic (exact) mass is 1750 g/mol. The average Bonchev–Trinajstić information content (AvgIpc) is 1.23. The second kappa shape index (κ2) is 39.7. The molecule has 0 saturated carbocycles. The molecule has 4 saturated heterocycles. The number of hydrogen-bond acceptors (Lipinski definition) is 22. The number of pyridine rings is 1. The summed E-state index contributed by atoms with van der Waals surface area (Å²) in [6.07, 6.45) is 12.1. The number of rotatable bonds is 29. The Morgan fingerprint density at radius 2 is 1.14 bits per heavy atom. The van der Waals surface area contributed by atoms with Gasteiger partial charge in [-0.1, -0.05) is 105 Å². The van der Waals surface area contributed by atoms with Crippen molar-refractivity contribution in [2.45, 2.75) is 106 Å². The maximum absolute atomic E-state index is 13.9. The van der Waals surface area contributed by atoms with Crippen molar-refractivity contribution in [1.29, 1.82) is 0 Å². The molecular weight excluding hydrogens is 1650 g/mol. The number of H-pyrrole nitrogens is 1. The lowest BCUT2D eigenvalue weighted by molar-refractivity contribution is -0.384. The Labute approximate surface area is 727 Å². The second-order valence-electron chi connectivity index (χ2n) is 33.7. The van der Waals surface area contributed by atoms with Crippen LogP contribution in [0.1, 0.15) is 117 Å². The normalized spacial score (nSPS) is 17.9. The van der Waals surface area contributed by atoms with E-state index in [9.17, 15) is 46.7 Å². The van der Waals surface area contributed by atoms with E-state index in [2.05, 4.69) is 107 Å². The van der Waals surface area contributed by atoms with Crippen LogP contribution >= 0.6 is 35.0 Å². The van der Waals surface area contributed by atoms with Crippen LogP contribution in [-0.2, 0) is 29.5 Å². The van der Waals surface area contributed by atoms with E-state index >= 15 is 0 Å². The molecule has 2 aromatic heterocycles. The number of nitro benzene ring substituents is 2. The average molecular weight is 1760 g/mol. The molecule has 0 spiro atoms. The first-order valence-electron chi connectivity index (χ1n) is 41.6. The summed E-state index contributed by atoms with van der Waals surface area (Å²) >= 11 is 14.1. The van der Waals surface area contributed by atoms with Crippen molar-refractivity contribution in [2.24, 2.45) is 16.7 Å². The number of aromatic nitrogens is 2. The van der Waals surface area contributed by atoms with Crippen LogP contribution in [0.15, 0.2) is 208 Å². The molecule has 6 aliphatic rings. The van der Waals surface area contributed by atoms with Gasteiger partial charge in [0, 0.05) is 178 Å². The number of morpholine rings is 1. The molecule has 15 rings (SSSR count). The first-order chi connectivity index (χ1) is 58.6. The van der Waals surface area contributed by atoms with Crippen LogP contribution in [0.3, 0.4) is 0 Å². The number of nitrogens with one attached hydrogen (secondary N) is 5. The van der Waals surface area contributed by atoms with Gasteiger partial charge in [-0.15, -0.1) is 11.8 Å². The van der Waals surface area contributed by atoms with Crippen LogP contribution in [0.25, 0.3) is 22.2 Å². The summed E-state index contributed by atoms with van der Waals surface area (Å²) in [5.41, 5.74) is 10.9. The molecule has 1 atom stereocenters. The summed E-state index contributed by atoms with van der Waals surface area (Å²) in [6, 6.07) is 49.0. The number of sulfonamides is 2. The number of nitrogens with zero attached hydrogens (tertiary/aromatic N) is 8. The first kappa shape index (κ1) is 88.4. The summed E-state index contributed by atoms with van der Waals surface area (Å²) < 4.78 is 75.7. The summed E-state index contributed by atoms with van der Waals surface area (Å²) in [5.74, 6) is -0.374. The fourth-order valence-electron chi connectivity index (χ4n) is 16.8. The molecular formula is C91H105Cl2N13O13S3. The van der Waals surface area contributed by atoms with Gasteiger partial charge in [-0.25, -0.2) is 31.3 Å². The molecule has 31 heteroatoms. The van der Waals surface area contributed by atoms with Crippen molar-refractivity contribution in [3.63, 3.8) is 0 Å². The number of allylic oxidation sites excluding steroid dienone is 2. The molecule has 2 amide bonds. The molecule has 7 aromatic carbocycles. The van der Waals surface area contributed by atoms with Gasteiger partial charge in [-0.3, -0.25) is 44.5 Å². The maximum atomic E-state index is 13.9. The molecule has 4 fully saturated rings. The summed E-state index contributed by atoms with van der Waals surface area (Å²) in [5, 5.41) is 33.1. The molecule has 9 aromatic rings. The van der Waals surface area contributed by atoms with Crippen molar-refractivity contribution in [3.05, 3.63) is 246 Å².